The molecule has 1 aromatic rings. The Morgan fingerprint density at radius 2 is 2.06 bits per heavy atom. The van der Waals surface area contributed by atoms with E-state index in [9.17, 15) is 0 Å². The highest BCUT2D eigenvalue weighted by Crippen LogP contribution is 2.27. The Kier molecular flexibility index (Phi) is 3.72. The zero-order valence-corrected chi connectivity index (χ0v) is 10.5. The van der Waals surface area contributed by atoms with Gasteiger partial charge in [0.15, 0.2) is 0 Å². The molecule has 0 saturated carbocycles. The summed E-state index contributed by atoms with van der Waals surface area (Å²) in [5.41, 5.74) is 3.46. The summed E-state index contributed by atoms with van der Waals surface area (Å²) < 4.78 is 11.3. The average molecular weight is 241 g/mol. The highest BCUT2D eigenvalue weighted by molar-refractivity contribution is 6.17. The topological polar surface area (TPSA) is 18.5 Å². The number of ether oxygens (including phenoxy) is 2. The Labute approximate surface area is 102 Å². The molecule has 1 aliphatic rings. The first-order valence-electron chi connectivity index (χ1n) is 5.61. The summed E-state index contributed by atoms with van der Waals surface area (Å²) >= 11 is 5.83. The summed E-state index contributed by atoms with van der Waals surface area (Å²) in [6.07, 6.45) is 1.19. The Balaban J connectivity index is 2.19. The zero-order valence-electron chi connectivity index (χ0n) is 9.75. The minimum Gasteiger partial charge on any atom is -0.487 e. The van der Waals surface area contributed by atoms with Gasteiger partial charge >= 0.3 is 0 Å². The minimum atomic E-state index is 0.208. The molecule has 88 valence electrons. The number of aryl methyl sites for hydroxylation is 2. The van der Waals surface area contributed by atoms with Crippen LogP contribution < -0.4 is 4.74 Å². The Hall–Kier alpha value is -0.730. The number of hydrogen-bond acceptors (Lipinski definition) is 2. The first-order chi connectivity index (χ1) is 7.70. The zero-order chi connectivity index (χ0) is 11.5. The molecule has 2 nitrogen and oxygen atoms in total. The third kappa shape index (κ3) is 2.50. The minimum absolute atomic E-state index is 0.208. The summed E-state index contributed by atoms with van der Waals surface area (Å²) in [6, 6.07) is 4.18. The predicted molar refractivity (Wildman–Crippen MR) is 65.3 cm³/mol. The number of halogens is 1. The molecule has 0 aliphatic carbocycles. The van der Waals surface area contributed by atoms with E-state index in [1.807, 2.05) is 0 Å². The van der Waals surface area contributed by atoms with Crippen LogP contribution >= 0.6 is 11.6 Å². The lowest BCUT2D eigenvalue weighted by Gasteiger charge is -2.17. The van der Waals surface area contributed by atoms with Crippen LogP contribution in [-0.4, -0.2) is 19.3 Å². The lowest BCUT2D eigenvalue weighted by molar-refractivity contribution is 0.140. The number of benzene rings is 1. The molecule has 2 rings (SSSR count). The van der Waals surface area contributed by atoms with Gasteiger partial charge in [-0.1, -0.05) is 12.1 Å². The van der Waals surface area contributed by atoms with E-state index in [-0.39, 0.29) is 6.10 Å². The van der Waals surface area contributed by atoms with E-state index in [1.54, 1.807) is 0 Å². The van der Waals surface area contributed by atoms with Crippen LogP contribution in [0.1, 0.15) is 23.1 Å². The molecule has 0 aromatic heterocycles. The highest BCUT2D eigenvalue weighted by Gasteiger charge is 2.19. The molecular weight excluding hydrogens is 224 g/mol. The van der Waals surface area contributed by atoms with Gasteiger partial charge in [-0.3, -0.25) is 0 Å². The van der Waals surface area contributed by atoms with Crippen molar-refractivity contribution >= 4 is 11.6 Å². The van der Waals surface area contributed by atoms with Crippen molar-refractivity contribution in [3.8, 4) is 5.75 Å². The smallest absolute Gasteiger partial charge is 0.125 e. The van der Waals surface area contributed by atoms with Crippen LogP contribution in [0.3, 0.4) is 0 Å². The van der Waals surface area contributed by atoms with Crippen molar-refractivity contribution in [3.05, 3.63) is 28.8 Å². The number of hydrogen-bond donors (Lipinski definition) is 0. The maximum atomic E-state index is 5.97. The molecule has 16 heavy (non-hydrogen) atoms. The van der Waals surface area contributed by atoms with Gasteiger partial charge in [-0.15, -0.1) is 11.6 Å². The van der Waals surface area contributed by atoms with Crippen LogP contribution in [-0.2, 0) is 10.6 Å². The van der Waals surface area contributed by atoms with Gasteiger partial charge in [-0.2, -0.15) is 0 Å². The largest absolute Gasteiger partial charge is 0.487 e. The third-order valence-corrected chi connectivity index (χ3v) is 3.16. The van der Waals surface area contributed by atoms with Crippen LogP contribution in [0.4, 0.5) is 0 Å². The SMILES string of the molecule is Cc1cc(CCl)cc(C)c1OC1CCOC1. The van der Waals surface area contributed by atoms with Gasteiger partial charge in [0.1, 0.15) is 11.9 Å². The molecular formula is C13H17ClO2. The Bertz CT molecular complexity index is 347. The Morgan fingerprint density at radius 3 is 2.56 bits per heavy atom. The molecule has 1 unspecified atom stereocenters. The molecule has 1 saturated heterocycles. The van der Waals surface area contributed by atoms with Crippen molar-refractivity contribution in [1.82, 2.24) is 0 Å². The van der Waals surface area contributed by atoms with E-state index in [0.717, 1.165) is 35.5 Å². The molecule has 0 amide bonds. The van der Waals surface area contributed by atoms with Gasteiger partial charge in [-0.25, -0.2) is 0 Å². The van der Waals surface area contributed by atoms with Crippen molar-refractivity contribution in [2.24, 2.45) is 0 Å². The maximum absolute atomic E-state index is 5.97. The van der Waals surface area contributed by atoms with Crippen molar-refractivity contribution < 1.29 is 9.47 Å². The molecule has 0 spiro atoms. The predicted octanol–water partition coefficient (Wildman–Crippen LogP) is 3.21. The van der Waals surface area contributed by atoms with E-state index in [2.05, 4.69) is 26.0 Å². The summed E-state index contributed by atoms with van der Waals surface area (Å²) in [5.74, 6) is 1.54. The molecule has 0 radical (unpaired) electrons. The summed E-state index contributed by atoms with van der Waals surface area (Å²) in [5, 5.41) is 0. The summed E-state index contributed by atoms with van der Waals surface area (Å²) in [4.78, 5) is 0. The second kappa shape index (κ2) is 5.07. The Morgan fingerprint density at radius 1 is 1.38 bits per heavy atom. The molecule has 1 aliphatic heterocycles. The van der Waals surface area contributed by atoms with Gasteiger partial charge in [0.05, 0.1) is 13.2 Å². The van der Waals surface area contributed by atoms with Crippen molar-refractivity contribution in [1.29, 1.82) is 0 Å². The van der Waals surface area contributed by atoms with Gasteiger partial charge in [0.2, 0.25) is 0 Å². The van der Waals surface area contributed by atoms with E-state index in [1.165, 1.54) is 0 Å². The molecule has 1 atom stereocenters. The molecule has 1 fully saturated rings. The van der Waals surface area contributed by atoms with E-state index in [4.69, 9.17) is 21.1 Å². The van der Waals surface area contributed by atoms with E-state index in [0.29, 0.717) is 12.5 Å². The molecule has 0 bridgehead atoms. The molecule has 1 aromatic carbocycles. The lowest BCUT2D eigenvalue weighted by atomic mass is 10.1. The summed E-state index contributed by atoms with van der Waals surface area (Å²) in [6.45, 7) is 5.64. The highest BCUT2D eigenvalue weighted by atomic mass is 35.5. The lowest BCUT2D eigenvalue weighted by Crippen LogP contribution is -2.17. The number of alkyl halides is 1. The third-order valence-electron chi connectivity index (χ3n) is 2.85. The van der Waals surface area contributed by atoms with E-state index < -0.39 is 0 Å². The fourth-order valence-electron chi connectivity index (χ4n) is 2.08. The first-order valence-corrected chi connectivity index (χ1v) is 6.14. The van der Waals surface area contributed by atoms with Crippen molar-refractivity contribution in [2.75, 3.05) is 13.2 Å². The second-order valence-electron chi connectivity index (χ2n) is 4.30. The molecule has 0 N–H and O–H groups in total. The van der Waals surface area contributed by atoms with Gasteiger partial charge in [0, 0.05) is 12.3 Å². The standard InChI is InChI=1S/C13H17ClO2/c1-9-5-11(7-14)6-10(2)13(9)16-12-3-4-15-8-12/h5-6,12H,3-4,7-8H2,1-2H3. The number of rotatable bonds is 3. The van der Waals surface area contributed by atoms with Crippen molar-refractivity contribution in [3.63, 3.8) is 0 Å². The van der Waals surface area contributed by atoms with Crippen LogP contribution in [0.2, 0.25) is 0 Å². The normalized spacial score (nSPS) is 20.1. The molecule has 3 heteroatoms. The van der Waals surface area contributed by atoms with Gasteiger partial charge in [0.25, 0.3) is 0 Å². The van der Waals surface area contributed by atoms with E-state index >= 15 is 0 Å². The first kappa shape index (κ1) is 11.7. The van der Waals surface area contributed by atoms with Gasteiger partial charge in [-0.05, 0) is 30.5 Å². The average Bonchev–Trinajstić information content (AvgIpc) is 2.75. The quantitative estimate of drug-likeness (QED) is 0.756. The van der Waals surface area contributed by atoms with Crippen LogP contribution in [0.25, 0.3) is 0 Å². The van der Waals surface area contributed by atoms with Gasteiger partial charge < -0.3 is 9.47 Å². The fourth-order valence-corrected chi connectivity index (χ4v) is 2.23. The monoisotopic (exact) mass is 240 g/mol. The van der Waals surface area contributed by atoms with Crippen LogP contribution in [0, 0.1) is 13.8 Å². The fraction of sp³-hybridized carbons (Fsp3) is 0.538. The van der Waals surface area contributed by atoms with Crippen LogP contribution in [0.15, 0.2) is 12.1 Å². The molecule has 1 heterocycles. The van der Waals surface area contributed by atoms with Crippen LogP contribution in [0.5, 0.6) is 5.75 Å². The summed E-state index contributed by atoms with van der Waals surface area (Å²) in [7, 11) is 0. The maximum Gasteiger partial charge on any atom is 0.125 e. The van der Waals surface area contributed by atoms with Crippen molar-refractivity contribution in [2.45, 2.75) is 32.3 Å². The second-order valence-corrected chi connectivity index (χ2v) is 4.56.